The predicted octanol–water partition coefficient (Wildman–Crippen LogP) is 2.93. The maximum Gasteiger partial charge on any atom is 0.227 e. The topological polar surface area (TPSA) is 124 Å². The predicted molar refractivity (Wildman–Crippen MR) is 147 cm³/mol. The molecule has 2 aromatic heterocycles. The zero-order valence-corrected chi connectivity index (χ0v) is 22.8. The lowest BCUT2D eigenvalue weighted by Gasteiger charge is -2.41. The molecule has 10 nitrogen and oxygen atoms in total. The highest BCUT2D eigenvalue weighted by Crippen LogP contribution is 2.36. The Morgan fingerprint density at radius 2 is 1.89 bits per heavy atom. The zero-order chi connectivity index (χ0) is 27.2. The zero-order valence-electron chi connectivity index (χ0n) is 22.0. The first-order valence-corrected chi connectivity index (χ1v) is 14.7. The highest BCUT2D eigenvalue weighted by Gasteiger charge is 2.39. The van der Waals surface area contributed by atoms with E-state index in [2.05, 4.69) is 55.9 Å². The van der Waals surface area contributed by atoms with Crippen LogP contribution in [-0.2, 0) is 10.0 Å². The van der Waals surface area contributed by atoms with Gasteiger partial charge in [0.15, 0.2) is 5.67 Å². The van der Waals surface area contributed by atoms with Crippen LogP contribution >= 0.6 is 0 Å². The molecule has 38 heavy (non-hydrogen) atoms. The molecule has 2 aliphatic heterocycles. The van der Waals surface area contributed by atoms with Gasteiger partial charge in [0.1, 0.15) is 11.6 Å². The Balaban J connectivity index is 1.39. The van der Waals surface area contributed by atoms with Crippen LogP contribution in [0.1, 0.15) is 38.7 Å². The van der Waals surface area contributed by atoms with Gasteiger partial charge in [0.05, 0.1) is 24.9 Å². The van der Waals surface area contributed by atoms with Crippen molar-refractivity contribution < 1.29 is 17.9 Å². The minimum absolute atomic E-state index is 0.0173. The molecule has 0 bridgehead atoms. The third-order valence-corrected chi connectivity index (χ3v) is 7.95. The van der Waals surface area contributed by atoms with Gasteiger partial charge in [0.2, 0.25) is 16.0 Å². The summed E-state index contributed by atoms with van der Waals surface area (Å²) in [6.07, 6.45) is 3.94. The third kappa shape index (κ3) is 5.52. The van der Waals surface area contributed by atoms with Crippen LogP contribution in [0, 0.1) is 0 Å². The standard InChI is InChI=1S/C26H34FN7O3S/c1-16(2)18-5-6-21(34-13-17(14-34)32-38(4,36)37)20-12-29-24(11-19(18)20)30-23-7-9-28-25(31-23)33-10-8-22(35)26(3,27)15-33/h5-7,9,11-12,16-17,22,32,35H,8,10,13-15H2,1-4H3,(H,28,29,30,31)/t22-,26+/m0/s1. The summed E-state index contributed by atoms with van der Waals surface area (Å²) in [6.45, 7) is 7.36. The van der Waals surface area contributed by atoms with Gasteiger partial charge in [-0.1, -0.05) is 19.9 Å². The smallest absolute Gasteiger partial charge is 0.227 e. The van der Waals surface area contributed by atoms with E-state index in [9.17, 15) is 17.9 Å². The quantitative estimate of drug-likeness (QED) is 0.413. The number of benzene rings is 1. The number of aliphatic hydroxyl groups excluding tert-OH is 1. The summed E-state index contributed by atoms with van der Waals surface area (Å²) in [5.74, 6) is 1.83. The first kappa shape index (κ1) is 26.5. The molecule has 3 aromatic rings. The maximum absolute atomic E-state index is 14.7. The molecule has 1 aromatic carbocycles. The van der Waals surface area contributed by atoms with Gasteiger partial charge in [-0.3, -0.25) is 0 Å². The Morgan fingerprint density at radius 3 is 2.58 bits per heavy atom. The first-order chi connectivity index (χ1) is 17.9. The number of sulfonamides is 1. The molecule has 2 aliphatic rings. The number of hydrogen-bond donors (Lipinski definition) is 3. The molecule has 0 unspecified atom stereocenters. The van der Waals surface area contributed by atoms with Crippen LogP contribution in [0.15, 0.2) is 36.7 Å². The molecule has 0 spiro atoms. The van der Waals surface area contributed by atoms with E-state index in [1.54, 1.807) is 17.2 Å². The van der Waals surface area contributed by atoms with Gasteiger partial charge in [0, 0.05) is 43.1 Å². The van der Waals surface area contributed by atoms with E-state index in [4.69, 9.17) is 0 Å². The Kier molecular flexibility index (Phi) is 6.91. The molecular formula is C26H34FN7O3S. The largest absolute Gasteiger partial charge is 0.390 e. The summed E-state index contributed by atoms with van der Waals surface area (Å²) < 4.78 is 40.5. The van der Waals surface area contributed by atoms with E-state index in [1.807, 2.05) is 12.3 Å². The molecule has 2 atom stereocenters. The highest BCUT2D eigenvalue weighted by molar-refractivity contribution is 7.88. The van der Waals surface area contributed by atoms with Crippen LogP contribution < -0.4 is 19.8 Å². The molecule has 5 rings (SSSR count). The van der Waals surface area contributed by atoms with Crippen molar-refractivity contribution >= 4 is 44.1 Å². The monoisotopic (exact) mass is 543 g/mol. The highest BCUT2D eigenvalue weighted by atomic mass is 32.2. The second-order valence-electron chi connectivity index (χ2n) is 10.8. The van der Waals surface area contributed by atoms with Crippen LogP contribution in [0.4, 0.5) is 27.7 Å². The van der Waals surface area contributed by atoms with Crippen LogP contribution in [0.2, 0.25) is 0 Å². The molecule has 12 heteroatoms. The lowest BCUT2D eigenvalue weighted by atomic mass is 9.94. The van der Waals surface area contributed by atoms with Crippen LogP contribution in [-0.4, -0.2) is 78.7 Å². The van der Waals surface area contributed by atoms with Gasteiger partial charge in [-0.2, -0.15) is 4.98 Å². The Bertz CT molecular complexity index is 1440. The first-order valence-electron chi connectivity index (χ1n) is 12.8. The number of nitrogens with zero attached hydrogens (tertiary/aromatic N) is 5. The molecule has 4 heterocycles. The molecular weight excluding hydrogens is 509 g/mol. The van der Waals surface area contributed by atoms with Gasteiger partial charge in [0.25, 0.3) is 0 Å². The molecule has 0 radical (unpaired) electrons. The van der Waals surface area contributed by atoms with Gasteiger partial charge in [-0.05, 0) is 48.4 Å². The summed E-state index contributed by atoms with van der Waals surface area (Å²) in [5.41, 5.74) is 0.464. The number of aromatic nitrogens is 3. The van der Waals surface area contributed by atoms with Gasteiger partial charge in [-0.25, -0.2) is 27.5 Å². The Labute approximate surface area is 222 Å². The van der Waals surface area contributed by atoms with Crippen molar-refractivity contribution in [2.45, 2.75) is 50.9 Å². The number of pyridine rings is 1. The minimum atomic E-state index is -3.24. The summed E-state index contributed by atoms with van der Waals surface area (Å²) in [4.78, 5) is 17.4. The van der Waals surface area contributed by atoms with Crippen molar-refractivity contribution in [1.82, 2.24) is 19.7 Å². The van der Waals surface area contributed by atoms with Gasteiger partial charge in [-0.15, -0.1) is 0 Å². The maximum atomic E-state index is 14.7. The molecule has 0 aliphatic carbocycles. The second-order valence-corrected chi connectivity index (χ2v) is 12.6. The van der Waals surface area contributed by atoms with E-state index < -0.39 is 21.8 Å². The van der Waals surface area contributed by atoms with Crippen molar-refractivity contribution in [3.63, 3.8) is 0 Å². The summed E-state index contributed by atoms with van der Waals surface area (Å²) in [7, 11) is -3.24. The third-order valence-electron chi connectivity index (χ3n) is 7.19. The number of hydrogen-bond acceptors (Lipinski definition) is 9. The lowest BCUT2D eigenvalue weighted by molar-refractivity contribution is -0.00860. The average Bonchev–Trinajstić information content (AvgIpc) is 2.81. The molecule has 0 amide bonds. The number of nitrogens with one attached hydrogen (secondary N) is 2. The lowest BCUT2D eigenvalue weighted by Crippen LogP contribution is -2.59. The average molecular weight is 544 g/mol. The van der Waals surface area contributed by atoms with Gasteiger partial charge < -0.3 is 20.2 Å². The molecule has 3 N–H and O–H groups in total. The van der Waals surface area contributed by atoms with Crippen molar-refractivity contribution in [2.75, 3.05) is 47.6 Å². The van der Waals surface area contributed by atoms with E-state index >= 15 is 0 Å². The van der Waals surface area contributed by atoms with E-state index in [-0.39, 0.29) is 18.5 Å². The van der Waals surface area contributed by atoms with Crippen molar-refractivity contribution in [1.29, 1.82) is 0 Å². The van der Waals surface area contributed by atoms with E-state index in [1.165, 1.54) is 18.7 Å². The number of alkyl halides is 1. The van der Waals surface area contributed by atoms with Crippen molar-refractivity contribution in [2.24, 2.45) is 0 Å². The van der Waals surface area contributed by atoms with Crippen molar-refractivity contribution in [3.8, 4) is 0 Å². The fraction of sp³-hybridized carbons (Fsp3) is 0.500. The molecule has 2 saturated heterocycles. The van der Waals surface area contributed by atoms with Crippen LogP contribution in [0.25, 0.3) is 10.8 Å². The van der Waals surface area contributed by atoms with Crippen LogP contribution in [0.5, 0.6) is 0 Å². The fourth-order valence-corrected chi connectivity index (χ4v) is 5.91. The molecule has 204 valence electrons. The number of aliphatic hydroxyl groups is 1. The summed E-state index contributed by atoms with van der Waals surface area (Å²) >= 11 is 0. The number of fused-ring (bicyclic) bond motifs is 1. The van der Waals surface area contributed by atoms with Crippen molar-refractivity contribution in [3.05, 3.63) is 42.2 Å². The molecule has 0 saturated carbocycles. The minimum Gasteiger partial charge on any atom is -0.390 e. The van der Waals surface area contributed by atoms with E-state index in [0.29, 0.717) is 43.6 Å². The number of piperidine rings is 1. The summed E-state index contributed by atoms with van der Waals surface area (Å²) in [5, 5.41) is 15.2. The van der Waals surface area contributed by atoms with E-state index in [0.717, 1.165) is 16.5 Å². The molecule has 2 fully saturated rings. The van der Waals surface area contributed by atoms with Gasteiger partial charge >= 0.3 is 0 Å². The normalized spacial score (nSPS) is 22.7. The number of halogens is 1. The summed E-state index contributed by atoms with van der Waals surface area (Å²) in [6, 6.07) is 7.82. The fourth-order valence-electron chi connectivity index (χ4n) is 5.16. The Morgan fingerprint density at radius 1 is 1.13 bits per heavy atom. The number of rotatable bonds is 7. The number of anilines is 4. The van der Waals surface area contributed by atoms with Crippen LogP contribution in [0.3, 0.4) is 0 Å². The Hall–Kier alpha value is -3.09. The SMILES string of the molecule is CC(C)c1ccc(N2CC(NS(C)(=O)=O)C2)c2cnc(Nc3ccnc(N4CC[C@H](O)[C@](C)(F)C4)n3)cc12. The second kappa shape index (κ2) is 9.90.